The number of carbonyl (C=O) groups is 1. The molecule has 0 aliphatic heterocycles. The Hall–Kier alpha value is -2.01. The molecule has 0 spiro atoms. The zero-order valence-corrected chi connectivity index (χ0v) is 14.3. The average Bonchev–Trinajstić information content (AvgIpc) is 2.56. The van der Waals surface area contributed by atoms with Crippen molar-refractivity contribution in [1.82, 2.24) is 0 Å². The van der Waals surface area contributed by atoms with Crippen molar-refractivity contribution in [3.05, 3.63) is 53.1 Å². The number of quaternary nitrogens is 1. The van der Waals surface area contributed by atoms with E-state index in [0.29, 0.717) is 24.2 Å². The van der Waals surface area contributed by atoms with Crippen LogP contribution in [-0.4, -0.2) is 62.4 Å². The molecular formula is C20H24NO3+. The molecular weight excluding hydrogens is 302 g/mol. The van der Waals surface area contributed by atoms with E-state index in [2.05, 4.69) is 20.2 Å². The highest BCUT2D eigenvalue weighted by Gasteiger charge is 2.27. The summed E-state index contributed by atoms with van der Waals surface area (Å²) in [6.45, 7) is 2.42. The van der Waals surface area contributed by atoms with Gasteiger partial charge in [-0.2, -0.15) is 0 Å². The molecule has 0 aromatic heterocycles. The first-order chi connectivity index (χ1) is 11.5. The highest BCUT2D eigenvalue weighted by atomic mass is 16.5. The van der Waals surface area contributed by atoms with Gasteiger partial charge in [-0.25, -0.2) is 0 Å². The molecule has 0 saturated heterocycles. The van der Waals surface area contributed by atoms with E-state index in [1.54, 1.807) is 0 Å². The molecule has 0 fully saturated rings. The van der Waals surface area contributed by atoms with Gasteiger partial charge in [-0.3, -0.25) is 4.79 Å². The minimum absolute atomic E-state index is 0.0395. The maximum absolute atomic E-state index is 12.9. The Morgan fingerprint density at radius 1 is 1.08 bits per heavy atom. The van der Waals surface area contributed by atoms with Gasteiger partial charge in [0.25, 0.3) is 0 Å². The van der Waals surface area contributed by atoms with Gasteiger partial charge in [-0.05, 0) is 17.0 Å². The maximum atomic E-state index is 12.9. The van der Waals surface area contributed by atoms with E-state index in [1.807, 2.05) is 36.4 Å². The smallest absolute Gasteiger partial charge is 0.195 e. The fourth-order valence-electron chi connectivity index (χ4n) is 3.24. The molecule has 0 atom stereocenters. The highest BCUT2D eigenvalue weighted by Crippen LogP contribution is 2.31. The average molecular weight is 326 g/mol. The van der Waals surface area contributed by atoms with Crippen LogP contribution in [0.2, 0.25) is 0 Å². The number of rotatable bonds is 7. The number of Topliss-reactive ketones (excluding diaryl/α,β-unsaturated/α-hetero) is 1. The minimum atomic E-state index is 0.0395. The normalized spacial score (nSPS) is 14.1. The summed E-state index contributed by atoms with van der Waals surface area (Å²) in [5.41, 5.74) is 2.76. The second kappa shape index (κ2) is 6.85. The number of carbonyl (C=O) groups excluding carboxylic acids is 1. The SMILES string of the molecule is C[N+](C)(CCOCCO)CC1=Cc2cccc3cccc(c23)C1=O. The number of benzene rings is 2. The second-order valence-corrected chi connectivity index (χ2v) is 6.90. The molecule has 0 unspecified atom stereocenters. The Kier molecular flexibility index (Phi) is 4.81. The molecule has 4 heteroatoms. The maximum Gasteiger partial charge on any atom is 0.195 e. The summed E-state index contributed by atoms with van der Waals surface area (Å²) >= 11 is 0. The molecule has 0 saturated carbocycles. The molecule has 2 aromatic rings. The van der Waals surface area contributed by atoms with Crippen LogP contribution >= 0.6 is 0 Å². The molecule has 0 bridgehead atoms. The summed E-state index contributed by atoms with van der Waals surface area (Å²) in [6.07, 6.45) is 2.03. The van der Waals surface area contributed by atoms with Crippen molar-refractivity contribution >= 4 is 22.6 Å². The Bertz CT molecular complexity index is 787. The molecule has 4 nitrogen and oxygen atoms in total. The summed E-state index contributed by atoms with van der Waals surface area (Å²) in [5, 5.41) is 10.9. The molecule has 0 radical (unpaired) electrons. The Morgan fingerprint density at radius 3 is 2.58 bits per heavy atom. The standard InChI is InChI=1S/C20H24NO3/c1-21(2,9-11-24-12-10-22)14-17-13-16-7-3-5-15-6-4-8-18(19(15)16)20(17)23/h3-8,13,22H,9-12,14H2,1-2H3/q+1. The van der Waals surface area contributed by atoms with Gasteiger partial charge in [0.1, 0.15) is 13.1 Å². The zero-order chi connectivity index (χ0) is 17.2. The van der Waals surface area contributed by atoms with Gasteiger partial charge in [0.15, 0.2) is 5.78 Å². The van der Waals surface area contributed by atoms with Crippen molar-refractivity contribution < 1.29 is 19.1 Å². The number of ketones is 1. The van der Waals surface area contributed by atoms with Gasteiger partial charge in [0, 0.05) is 10.9 Å². The number of hydrogen-bond donors (Lipinski definition) is 1. The van der Waals surface area contributed by atoms with Crippen LogP contribution in [0.4, 0.5) is 0 Å². The summed E-state index contributed by atoms with van der Waals surface area (Å²) in [7, 11) is 4.19. The summed E-state index contributed by atoms with van der Waals surface area (Å²) < 4.78 is 6.04. The van der Waals surface area contributed by atoms with Gasteiger partial charge in [-0.15, -0.1) is 0 Å². The molecule has 0 amide bonds. The van der Waals surface area contributed by atoms with E-state index in [-0.39, 0.29) is 12.4 Å². The molecule has 2 aromatic carbocycles. The number of aliphatic hydroxyl groups excluding tert-OH is 1. The van der Waals surface area contributed by atoms with E-state index in [1.165, 1.54) is 0 Å². The first kappa shape index (κ1) is 16.8. The third-order valence-corrected chi connectivity index (χ3v) is 4.48. The van der Waals surface area contributed by atoms with E-state index < -0.39 is 0 Å². The van der Waals surface area contributed by atoms with Crippen LogP contribution in [0, 0.1) is 0 Å². The number of nitrogens with zero attached hydrogens (tertiary/aromatic N) is 1. The van der Waals surface area contributed by atoms with Crippen LogP contribution in [0.15, 0.2) is 42.0 Å². The summed E-state index contributed by atoms with van der Waals surface area (Å²) in [5.74, 6) is 0.127. The van der Waals surface area contributed by atoms with Gasteiger partial charge in [0.05, 0.1) is 39.5 Å². The summed E-state index contributed by atoms with van der Waals surface area (Å²) in [6, 6.07) is 12.1. The molecule has 1 aliphatic rings. The molecule has 3 rings (SSSR count). The molecule has 24 heavy (non-hydrogen) atoms. The lowest BCUT2D eigenvalue weighted by Crippen LogP contribution is -2.45. The van der Waals surface area contributed by atoms with E-state index >= 15 is 0 Å². The predicted octanol–water partition coefficient (Wildman–Crippen LogP) is 2.50. The Labute approximate surface area is 142 Å². The minimum Gasteiger partial charge on any atom is -0.394 e. The zero-order valence-electron chi connectivity index (χ0n) is 14.3. The molecule has 1 aliphatic carbocycles. The predicted molar refractivity (Wildman–Crippen MR) is 96.0 cm³/mol. The van der Waals surface area contributed by atoms with Gasteiger partial charge < -0.3 is 14.3 Å². The first-order valence-electron chi connectivity index (χ1n) is 8.29. The first-order valence-corrected chi connectivity index (χ1v) is 8.29. The quantitative estimate of drug-likeness (QED) is 0.628. The van der Waals surface area contributed by atoms with Crippen molar-refractivity contribution in [3.63, 3.8) is 0 Å². The lowest BCUT2D eigenvalue weighted by molar-refractivity contribution is -0.885. The topological polar surface area (TPSA) is 46.5 Å². The summed E-state index contributed by atoms with van der Waals surface area (Å²) in [4.78, 5) is 12.9. The number of ether oxygens (including phenoxy) is 1. The number of likely N-dealkylation sites (N-methyl/N-ethyl adjacent to an activating group) is 1. The fourth-order valence-corrected chi connectivity index (χ4v) is 3.24. The van der Waals surface area contributed by atoms with E-state index in [4.69, 9.17) is 9.84 Å². The number of hydrogen-bond acceptors (Lipinski definition) is 3. The Balaban J connectivity index is 1.83. The van der Waals surface area contributed by atoms with Crippen molar-refractivity contribution in [3.8, 4) is 0 Å². The van der Waals surface area contributed by atoms with Crippen molar-refractivity contribution in [2.24, 2.45) is 0 Å². The lowest BCUT2D eigenvalue weighted by atomic mass is 9.87. The van der Waals surface area contributed by atoms with E-state index in [9.17, 15) is 4.79 Å². The Morgan fingerprint density at radius 2 is 1.83 bits per heavy atom. The molecule has 1 N–H and O–H groups in total. The van der Waals surface area contributed by atoms with Gasteiger partial charge in [-0.1, -0.05) is 36.4 Å². The monoisotopic (exact) mass is 326 g/mol. The van der Waals surface area contributed by atoms with Crippen LogP contribution in [0.3, 0.4) is 0 Å². The fraction of sp³-hybridized carbons (Fsp3) is 0.350. The van der Waals surface area contributed by atoms with Crippen LogP contribution in [0.5, 0.6) is 0 Å². The van der Waals surface area contributed by atoms with E-state index in [0.717, 1.165) is 34.0 Å². The van der Waals surface area contributed by atoms with Crippen molar-refractivity contribution in [1.29, 1.82) is 0 Å². The van der Waals surface area contributed by atoms with Crippen LogP contribution in [0.1, 0.15) is 15.9 Å². The third-order valence-electron chi connectivity index (χ3n) is 4.48. The van der Waals surface area contributed by atoms with Crippen molar-refractivity contribution in [2.45, 2.75) is 0 Å². The van der Waals surface area contributed by atoms with Crippen molar-refractivity contribution in [2.75, 3.05) is 47.0 Å². The third kappa shape index (κ3) is 3.41. The van der Waals surface area contributed by atoms with Gasteiger partial charge in [0.2, 0.25) is 0 Å². The highest BCUT2D eigenvalue weighted by molar-refractivity contribution is 6.22. The number of aliphatic hydroxyl groups is 1. The lowest BCUT2D eigenvalue weighted by Gasteiger charge is -2.31. The van der Waals surface area contributed by atoms with Crippen LogP contribution < -0.4 is 0 Å². The molecule has 126 valence electrons. The van der Waals surface area contributed by atoms with Gasteiger partial charge >= 0.3 is 0 Å². The largest absolute Gasteiger partial charge is 0.394 e. The second-order valence-electron chi connectivity index (χ2n) is 6.90. The molecule has 0 heterocycles. The van der Waals surface area contributed by atoms with Crippen LogP contribution in [0.25, 0.3) is 16.8 Å². The van der Waals surface area contributed by atoms with Crippen LogP contribution in [-0.2, 0) is 4.74 Å².